The van der Waals surface area contributed by atoms with Crippen LogP contribution in [-0.2, 0) is 4.74 Å². The van der Waals surface area contributed by atoms with Gasteiger partial charge in [0.05, 0.1) is 0 Å². The van der Waals surface area contributed by atoms with Gasteiger partial charge in [0.1, 0.15) is 5.60 Å². The highest BCUT2D eigenvalue weighted by molar-refractivity contribution is 5.68. The Morgan fingerprint density at radius 2 is 1.94 bits per heavy atom. The summed E-state index contributed by atoms with van der Waals surface area (Å²) in [6.07, 6.45) is 3.33. The van der Waals surface area contributed by atoms with E-state index in [1.807, 2.05) is 25.7 Å². The summed E-state index contributed by atoms with van der Waals surface area (Å²) >= 11 is 0. The molecule has 2 saturated heterocycles. The molecule has 2 aliphatic rings. The summed E-state index contributed by atoms with van der Waals surface area (Å²) in [5, 5.41) is 3.55. The summed E-state index contributed by atoms with van der Waals surface area (Å²) in [6, 6.07) is 1.08. The van der Waals surface area contributed by atoms with Crippen molar-refractivity contribution in [3.8, 4) is 0 Å². The van der Waals surface area contributed by atoms with Gasteiger partial charge in [0.2, 0.25) is 0 Å². The number of amides is 1. The Hall–Kier alpha value is -0.770. The van der Waals surface area contributed by atoms with Crippen molar-refractivity contribution in [2.24, 2.45) is 0 Å². The van der Waals surface area contributed by atoms with Crippen LogP contribution in [0.25, 0.3) is 0 Å². The van der Waals surface area contributed by atoms with Crippen molar-refractivity contribution in [2.75, 3.05) is 13.1 Å². The molecule has 1 N–H and O–H groups in total. The van der Waals surface area contributed by atoms with E-state index < -0.39 is 5.60 Å². The molecule has 0 spiro atoms. The van der Waals surface area contributed by atoms with E-state index in [4.69, 9.17) is 4.74 Å². The fourth-order valence-electron chi connectivity index (χ4n) is 2.44. The van der Waals surface area contributed by atoms with E-state index in [1.54, 1.807) is 0 Å². The second-order valence-electron chi connectivity index (χ2n) is 5.85. The third-order valence-electron chi connectivity index (χ3n) is 3.17. The lowest BCUT2D eigenvalue weighted by molar-refractivity contribution is 0.0242. The molecule has 2 aliphatic heterocycles. The van der Waals surface area contributed by atoms with E-state index in [9.17, 15) is 4.79 Å². The van der Waals surface area contributed by atoms with Crippen molar-refractivity contribution in [3.05, 3.63) is 0 Å². The number of carbonyl (C=O) groups is 1. The molecule has 0 aromatic carbocycles. The van der Waals surface area contributed by atoms with Crippen LogP contribution in [0.3, 0.4) is 0 Å². The highest BCUT2D eigenvalue weighted by Gasteiger charge is 2.32. The van der Waals surface area contributed by atoms with Crippen LogP contribution in [0.5, 0.6) is 0 Å². The number of nitrogens with one attached hydrogen (secondary N) is 1. The molecule has 16 heavy (non-hydrogen) atoms. The van der Waals surface area contributed by atoms with Gasteiger partial charge in [0.25, 0.3) is 0 Å². The Morgan fingerprint density at radius 3 is 2.62 bits per heavy atom. The molecule has 2 atom stereocenters. The van der Waals surface area contributed by atoms with Crippen LogP contribution in [0.15, 0.2) is 0 Å². The number of carbonyl (C=O) groups excluding carboxylic acids is 1. The fourth-order valence-corrected chi connectivity index (χ4v) is 2.44. The van der Waals surface area contributed by atoms with E-state index in [0.717, 1.165) is 19.5 Å². The van der Waals surface area contributed by atoms with Crippen LogP contribution in [0.4, 0.5) is 4.79 Å². The second-order valence-corrected chi connectivity index (χ2v) is 5.85. The van der Waals surface area contributed by atoms with Crippen molar-refractivity contribution in [3.63, 3.8) is 0 Å². The van der Waals surface area contributed by atoms with Crippen LogP contribution in [0, 0.1) is 0 Å². The number of rotatable bonds is 0. The maximum absolute atomic E-state index is 11.9. The predicted molar refractivity (Wildman–Crippen MR) is 62.4 cm³/mol. The number of hydrogen-bond donors (Lipinski definition) is 1. The van der Waals surface area contributed by atoms with E-state index in [-0.39, 0.29) is 6.09 Å². The van der Waals surface area contributed by atoms with Gasteiger partial charge in [0.15, 0.2) is 0 Å². The summed E-state index contributed by atoms with van der Waals surface area (Å²) in [7, 11) is 0. The minimum Gasteiger partial charge on any atom is -0.444 e. The standard InChI is InChI=1S/C12H22N2O2/c1-12(2,3)16-11(15)14-7-6-9-4-5-10(8-14)13-9/h9-10,13H,4-8H2,1-3H3/t9-,10+/m0/s1. The molecule has 0 saturated carbocycles. The summed E-state index contributed by atoms with van der Waals surface area (Å²) in [4.78, 5) is 13.8. The molecule has 2 rings (SSSR count). The summed E-state index contributed by atoms with van der Waals surface area (Å²) < 4.78 is 5.40. The van der Waals surface area contributed by atoms with E-state index in [0.29, 0.717) is 12.1 Å². The Kier molecular flexibility index (Phi) is 3.10. The minimum absolute atomic E-state index is 0.165. The van der Waals surface area contributed by atoms with Crippen molar-refractivity contribution >= 4 is 6.09 Å². The summed E-state index contributed by atoms with van der Waals surface area (Å²) in [6.45, 7) is 7.35. The monoisotopic (exact) mass is 226 g/mol. The van der Waals surface area contributed by atoms with Crippen LogP contribution in [0.2, 0.25) is 0 Å². The van der Waals surface area contributed by atoms with Crippen LogP contribution in [0.1, 0.15) is 40.0 Å². The Labute approximate surface area is 97.3 Å². The van der Waals surface area contributed by atoms with E-state index >= 15 is 0 Å². The van der Waals surface area contributed by atoms with Gasteiger partial charge < -0.3 is 15.0 Å². The molecule has 2 heterocycles. The van der Waals surface area contributed by atoms with Gasteiger partial charge in [-0.1, -0.05) is 0 Å². The molecule has 1 amide bonds. The molecule has 92 valence electrons. The Balaban J connectivity index is 1.92. The van der Waals surface area contributed by atoms with Gasteiger partial charge in [-0.05, 0) is 40.0 Å². The maximum Gasteiger partial charge on any atom is 0.410 e. The topological polar surface area (TPSA) is 41.6 Å². The van der Waals surface area contributed by atoms with Gasteiger partial charge in [0, 0.05) is 25.2 Å². The average Bonchev–Trinajstić information content (AvgIpc) is 2.42. The van der Waals surface area contributed by atoms with Crippen molar-refractivity contribution in [1.29, 1.82) is 0 Å². The largest absolute Gasteiger partial charge is 0.444 e. The SMILES string of the molecule is CC(C)(C)OC(=O)N1CC[C@@H]2CC[C@H](C1)N2. The minimum atomic E-state index is -0.393. The summed E-state index contributed by atoms with van der Waals surface area (Å²) in [5.41, 5.74) is -0.393. The molecule has 0 aromatic rings. The van der Waals surface area contributed by atoms with Gasteiger partial charge in [-0.2, -0.15) is 0 Å². The number of hydrogen-bond acceptors (Lipinski definition) is 3. The first-order valence-corrected chi connectivity index (χ1v) is 6.18. The third-order valence-corrected chi connectivity index (χ3v) is 3.17. The maximum atomic E-state index is 11.9. The molecular formula is C12H22N2O2. The fraction of sp³-hybridized carbons (Fsp3) is 0.917. The molecule has 0 aromatic heterocycles. The average molecular weight is 226 g/mol. The Morgan fingerprint density at radius 1 is 1.25 bits per heavy atom. The van der Waals surface area contributed by atoms with Crippen molar-refractivity contribution < 1.29 is 9.53 Å². The molecule has 4 nitrogen and oxygen atoms in total. The van der Waals surface area contributed by atoms with Gasteiger partial charge in [-0.3, -0.25) is 0 Å². The molecule has 0 aliphatic carbocycles. The number of nitrogens with zero attached hydrogens (tertiary/aromatic N) is 1. The quantitative estimate of drug-likeness (QED) is 0.684. The number of fused-ring (bicyclic) bond motifs is 2. The van der Waals surface area contributed by atoms with E-state index in [1.165, 1.54) is 12.8 Å². The van der Waals surface area contributed by atoms with Crippen LogP contribution in [-0.4, -0.2) is 41.8 Å². The molecular weight excluding hydrogens is 204 g/mol. The molecule has 0 radical (unpaired) electrons. The highest BCUT2D eigenvalue weighted by Crippen LogP contribution is 2.21. The first-order valence-electron chi connectivity index (χ1n) is 6.18. The lowest BCUT2D eigenvalue weighted by Crippen LogP contribution is -2.41. The molecule has 2 bridgehead atoms. The van der Waals surface area contributed by atoms with Crippen LogP contribution >= 0.6 is 0 Å². The summed E-state index contributed by atoms with van der Waals surface area (Å²) in [5.74, 6) is 0. The predicted octanol–water partition coefficient (Wildman–Crippen LogP) is 1.75. The van der Waals surface area contributed by atoms with Crippen molar-refractivity contribution in [2.45, 2.75) is 57.7 Å². The first-order chi connectivity index (χ1) is 7.44. The van der Waals surface area contributed by atoms with E-state index in [2.05, 4.69) is 5.32 Å². The zero-order valence-corrected chi connectivity index (χ0v) is 10.5. The number of ether oxygens (including phenoxy) is 1. The molecule has 2 fully saturated rings. The number of likely N-dealkylation sites (tertiary alicyclic amines) is 1. The van der Waals surface area contributed by atoms with Crippen molar-refractivity contribution in [1.82, 2.24) is 10.2 Å². The van der Waals surface area contributed by atoms with Gasteiger partial charge in [-0.25, -0.2) is 4.79 Å². The molecule has 4 heteroatoms. The van der Waals surface area contributed by atoms with Crippen LogP contribution < -0.4 is 5.32 Å². The lowest BCUT2D eigenvalue weighted by Gasteiger charge is -2.28. The smallest absolute Gasteiger partial charge is 0.410 e. The molecule has 0 unspecified atom stereocenters. The zero-order valence-electron chi connectivity index (χ0n) is 10.5. The highest BCUT2D eigenvalue weighted by atomic mass is 16.6. The third kappa shape index (κ3) is 2.88. The lowest BCUT2D eigenvalue weighted by atomic mass is 10.1. The van der Waals surface area contributed by atoms with Gasteiger partial charge >= 0.3 is 6.09 Å². The second kappa shape index (κ2) is 4.24. The normalized spacial score (nSPS) is 30.1. The zero-order chi connectivity index (χ0) is 11.8. The van der Waals surface area contributed by atoms with Gasteiger partial charge in [-0.15, -0.1) is 0 Å². The first kappa shape index (κ1) is 11.7. The Bertz CT molecular complexity index is 273.